The van der Waals surface area contributed by atoms with E-state index in [2.05, 4.69) is 5.32 Å². The average molecular weight is 381 g/mol. The largest absolute Gasteiger partial charge is 0.550 e. The first-order valence-corrected chi connectivity index (χ1v) is 8.58. The Morgan fingerprint density at radius 3 is 2.69 bits per heavy atom. The summed E-state index contributed by atoms with van der Waals surface area (Å²) in [6.45, 7) is 2.08. The molecule has 1 aromatic heterocycles. The number of hydrogen-bond acceptors (Lipinski definition) is 6. The van der Waals surface area contributed by atoms with Gasteiger partial charge in [0.2, 0.25) is 5.91 Å². The topological polar surface area (TPSA) is 120 Å². The van der Waals surface area contributed by atoms with E-state index in [0.29, 0.717) is 36.8 Å². The number of unbranched alkanes of at least 4 members (excludes halogenated alkanes) is 2. The minimum atomic E-state index is -1.08. The first-order chi connectivity index (χ1) is 12.3. The maximum atomic E-state index is 12.1. The number of fused-ring (bicyclic) bond motifs is 1. The first-order valence-electron chi connectivity index (χ1n) is 8.21. The molecule has 8 heteroatoms. The summed E-state index contributed by atoms with van der Waals surface area (Å²) in [5.74, 6) is -1.60. The number of aryl methyl sites for hydroxylation is 1. The lowest BCUT2D eigenvalue weighted by molar-refractivity contribution is -0.305. The summed E-state index contributed by atoms with van der Waals surface area (Å²) in [7, 11) is 0. The molecule has 0 saturated carbocycles. The Balaban J connectivity index is 2.01. The number of phenolic OH excluding ortho intramolecular Hbond substituents is 1. The molecule has 0 fully saturated rings. The quantitative estimate of drug-likeness (QED) is 0.528. The SMILES string of the molecule is Cc1c(CC(=O)NCCCCCC(=O)[O-])c(=O)oc2cc(O)c(Cl)cc12. The second-order valence-electron chi connectivity index (χ2n) is 6.00. The molecule has 2 N–H and O–H groups in total. The third-order valence-corrected chi connectivity index (χ3v) is 4.37. The minimum absolute atomic E-state index is 0.00336. The molecule has 1 amide bonds. The van der Waals surface area contributed by atoms with Crippen molar-refractivity contribution in [3.05, 3.63) is 38.7 Å². The molecule has 0 saturated heterocycles. The Bertz CT molecular complexity index is 889. The number of amides is 1. The minimum Gasteiger partial charge on any atom is -0.550 e. The number of nitrogens with one attached hydrogen (secondary N) is 1. The lowest BCUT2D eigenvalue weighted by Gasteiger charge is -2.09. The van der Waals surface area contributed by atoms with Gasteiger partial charge in [0, 0.05) is 24.0 Å². The predicted octanol–water partition coefficient (Wildman–Crippen LogP) is 1.43. The van der Waals surface area contributed by atoms with Crippen molar-refractivity contribution >= 4 is 34.4 Å². The van der Waals surface area contributed by atoms with E-state index < -0.39 is 11.6 Å². The van der Waals surface area contributed by atoms with Crippen LogP contribution in [0, 0.1) is 6.92 Å². The molecule has 140 valence electrons. The number of carboxylic acids is 1. The molecule has 0 aliphatic heterocycles. The lowest BCUT2D eigenvalue weighted by Crippen LogP contribution is -2.28. The fraction of sp³-hybridized carbons (Fsp3) is 0.389. The summed E-state index contributed by atoms with van der Waals surface area (Å²) in [5.41, 5.74) is 0.364. The van der Waals surface area contributed by atoms with Crippen LogP contribution in [0.1, 0.15) is 36.8 Å². The summed E-state index contributed by atoms with van der Waals surface area (Å²) >= 11 is 5.90. The van der Waals surface area contributed by atoms with Crippen LogP contribution in [0.15, 0.2) is 21.3 Å². The van der Waals surface area contributed by atoms with Crippen molar-refractivity contribution < 1.29 is 24.2 Å². The van der Waals surface area contributed by atoms with Crippen molar-refractivity contribution in [2.75, 3.05) is 6.54 Å². The summed E-state index contributed by atoms with van der Waals surface area (Å²) in [4.78, 5) is 34.5. The van der Waals surface area contributed by atoms with Crippen LogP contribution in [0.2, 0.25) is 5.02 Å². The van der Waals surface area contributed by atoms with Crippen LogP contribution in [0.3, 0.4) is 0 Å². The molecule has 2 rings (SSSR count). The number of phenols is 1. The molecule has 1 heterocycles. The van der Waals surface area contributed by atoms with Crippen molar-refractivity contribution in [2.45, 2.75) is 39.0 Å². The third kappa shape index (κ3) is 4.98. The molecule has 0 radical (unpaired) electrons. The van der Waals surface area contributed by atoms with Crippen LogP contribution < -0.4 is 16.0 Å². The molecule has 0 bridgehead atoms. The monoisotopic (exact) mass is 380 g/mol. The summed E-state index contributed by atoms with van der Waals surface area (Å²) < 4.78 is 5.17. The Labute approximate surface area is 154 Å². The fourth-order valence-electron chi connectivity index (χ4n) is 2.62. The number of benzene rings is 1. The van der Waals surface area contributed by atoms with Gasteiger partial charge in [-0.25, -0.2) is 4.79 Å². The molecule has 0 unspecified atom stereocenters. The van der Waals surface area contributed by atoms with Gasteiger partial charge in [-0.15, -0.1) is 0 Å². The van der Waals surface area contributed by atoms with E-state index in [9.17, 15) is 24.6 Å². The highest BCUT2D eigenvalue weighted by Gasteiger charge is 2.16. The summed E-state index contributed by atoms with van der Waals surface area (Å²) in [6, 6.07) is 2.76. The van der Waals surface area contributed by atoms with Gasteiger partial charge in [0.1, 0.15) is 11.3 Å². The van der Waals surface area contributed by atoms with Gasteiger partial charge in [-0.2, -0.15) is 0 Å². The molecule has 0 spiro atoms. The van der Waals surface area contributed by atoms with Crippen LogP contribution in [0.4, 0.5) is 0 Å². The standard InChI is InChI=1S/C18H20ClNO6/c1-10-11-7-13(19)14(21)9-15(11)26-18(25)12(10)8-16(22)20-6-4-2-3-5-17(23)24/h7,9,21H,2-6,8H2,1H3,(H,20,22)(H,23,24)/p-1. The number of aliphatic carboxylic acids is 1. The van der Waals surface area contributed by atoms with E-state index in [4.69, 9.17) is 16.0 Å². The van der Waals surface area contributed by atoms with E-state index in [1.165, 1.54) is 12.1 Å². The van der Waals surface area contributed by atoms with Crippen molar-refractivity contribution in [1.29, 1.82) is 0 Å². The van der Waals surface area contributed by atoms with Crippen molar-refractivity contribution in [3.63, 3.8) is 0 Å². The van der Waals surface area contributed by atoms with Crippen LogP contribution in [-0.4, -0.2) is 23.5 Å². The van der Waals surface area contributed by atoms with Crippen molar-refractivity contribution in [2.24, 2.45) is 0 Å². The smallest absolute Gasteiger partial charge is 0.340 e. The van der Waals surface area contributed by atoms with Crippen LogP contribution >= 0.6 is 11.6 Å². The van der Waals surface area contributed by atoms with E-state index in [0.717, 1.165) is 0 Å². The van der Waals surface area contributed by atoms with Crippen molar-refractivity contribution in [1.82, 2.24) is 5.32 Å². The Morgan fingerprint density at radius 1 is 1.27 bits per heavy atom. The lowest BCUT2D eigenvalue weighted by atomic mass is 10.0. The molecule has 26 heavy (non-hydrogen) atoms. The second kappa shape index (κ2) is 8.71. The Kier molecular flexibility index (Phi) is 6.63. The zero-order valence-electron chi connectivity index (χ0n) is 14.3. The molecule has 0 aliphatic carbocycles. The molecule has 1 aromatic carbocycles. The zero-order chi connectivity index (χ0) is 19.3. The predicted molar refractivity (Wildman–Crippen MR) is 94.1 cm³/mol. The van der Waals surface area contributed by atoms with E-state index in [1.807, 2.05) is 0 Å². The van der Waals surface area contributed by atoms with Gasteiger partial charge in [-0.1, -0.05) is 18.0 Å². The summed E-state index contributed by atoms with van der Waals surface area (Å²) in [5, 5.41) is 23.3. The van der Waals surface area contributed by atoms with Gasteiger partial charge in [0.25, 0.3) is 0 Å². The Morgan fingerprint density at radius 2 is 2.00 bits per heavy atom. The Hall–Kier alpha value is -2.54. The molecule has 0 atom stereocenters. The van der Waals surface area contributed by atoms with Crippen molar-refractivity contribution in [3.8, 4) is 5.75 Å². The van der Waals surface area contributed by atoms with Gasteiger partial charge < -0.3 is 24.7 Å². The summed E-state index contributed by atoms with van der Waals surface area (Å²) in [6.07, 6.45) is 1.66. The average Bonchev–Trinajstić information content (AvgIpc) is 2.56. The number of carbonyl (C=O) groups is 2. The molecule has 7 nitrogen and oxygen atoms in total. The highest BCUT2D eigenvalue weighted by atomic mass is 35.5. The van der Waals surface area contributed by atoms with Gasteiger partial charge in [0.05, 0.1) is 17.0 Å². The maximum absolute atomic E-state index is 12.1. The van der Waals surface area contributed by atoms with Crippen LogP contribution in [0.25, 0.3) is 11.0 Å². The van der Waals surface area contributed by atoms with E-state index in [-0.39, 0.29) is 40.7 Å². The molecule has 0 aliphatic rings. The molecular weight excluding hydrogens is 362 g/mol. The number of rotatable bonds is 8. The number of aromatic hydroxyl groups is 1. The number of carbonyl (C=O) groups excluding carboxylic acids is 2. The van der Waals surface area contributed by atoms with Gasteiger partial charge in [0.15, 0.2) is 0 Å². The number of halogens is 1. The fourth-order valence-corrected chi connectivity index (χ4v) is 2.79. The molecule has 2 aromatic rings. The van der Waals surface area contributed by atoms with E-state index in [1.54, 1.807) is 6.92 Å². The van der Waals surface area contributed by atoms with Gasteiger partial charge in [-0.3, -0.25) is 4.79 Å². The number of carboxylic acid groups (broad SMARTS) is 1. The second-order valence-corrected chi connectivity index (χ2v) is 6.41. The maximum Gasteiger partial charge on any atom is 0.340 e. The van der Waals surface area contributed by atoms with Crippen LogP contribution in [0.5, 0.6) is 5.75 Å². The van der Waals surface area contributed by atoms with E-state index >= 15 is 0 Å². The highest BCUT2D eigenvalue weighted by Crippen LogP contribution is 2.30. The molecular formula is C18H19ClNO6-. The number of hydrogen-bond donors (Lipinski definition) is 2. The highest BCUT2D eigenvalue weighted by molar-refractivity contribution is 6.32. The first kappa shape index (κ1) is 19.8. The van der Waals surface area contributed by atoms with Gasteiger partial charge in [-0.05, 0) is 37.8 Å². The van der Waals surface area contributed by atoms with Crippen LogP contribution in [-0.2, 0) is 16.0 Å². The zero-order valence-corrected chi connectivity index (χ0v) is 15.0. The third-order valence-electron chi connectivity index (χ3n) is 4.07. The normalized spacial score (nSPS) is 10.8. The van der Waals surface area contributed by atoms with Gasteiger partial charge >= 0.3 is 5.63 Å².